The third kappa shape index (κ3) is 2.85. The molecular weight excluding hydrogens is 286 g/mol. The summed E-state index contributed by atoms with van der Waals surface area (Å²) in [5.41, 5.74) is 1.34. The second-order valence-corrected chi connectivity index (χ2v) is 6.48. The molecule has 102 valence electrons. The minimum absolute atomic E-state index is 0.301. The highest BCUT2D eigenvalue weighted by molar-refractivity contribution is 8.00. The fourth-order valence-electron chi connectivity index (χ4n) is 2.26. The molecule has 0 aliphatic heterocycles. The number of rotatable bonds is 5. The van der Waals surface area contributed by atoms with Crippen LogP contribution in [0, 0.1) is 0 Å². The lowest BCUT2D eigenvalue weighted by atomic mass is 10.00. The summed E-state index contributed by atoms with van der Waals surface area (Å²) in [5, 5.41) is 6.00. The number of hydrogen-bond acceptors (Lipinski definition) is 5. The van der Waals surface area contributed by atoms with E-state index in [1.54, 1.807) is 18.1 Å². The van der Waals surface area contributed by atoms with E-state index in [1.807, 2.05) is 7.05 Å². The second-order valence-electron chi connectivity index (χ2n) is 4.43. The van der Waals surface area contributed by atoms with E-state index >= 15 is 0 Å². The minimum atomic E-state index is 0.301. The van der Waals surface area contributed by atoms with Crippen molar-refractivity contribution in [3.8, 4) is 0 Å². The van der Waals surface area contributed by atoms with Crippen molar-refractivity contribution in [3.63, 3.8) is 0 Å². The molecule has 1 unspecified atom stereocenters. The van der Waals surface area contributed by atoms with Gasteiger partial charge >= 0.3 is 0 Å². The molecule has 0 amide bonds. The van der Waals surface area contributed by atoms with Gasteiger partial charge in [-0.05, 0) is 34.9 Å². The first-order valence-corrected chi connectivity index (χ1v) is 8.19. The topological polar surface area (TPSA) is 37.8 Å². The van der Waals surface area contributed by atoms with E-state index in [-0.39, 0.29) is 0 Å². The zero-order valence-electron chi connectivity index (χ0n) is 11.1. The first-order valence-electron chi connectivity index (χ1n) is 6.43. The van der Waals surface area contributed by atoms with E-state index in [2.05, 4.69) is 57.1 Å². The molecule has 1 aromatic heterocycles. The van der Waals surface area contributed by atoms with Gasteiger partial charge in [-0.2, -0.15) is 4.37 Å². The van der Waals surface area contributed by atoms with Crippen molar-refractivity contribution >= 4 is 34.1 Å². The van der Waals surface area contributed by atoms with Gasteiger partial charge in [-0.1, -0.05) is 54.2 Å². The Labute approximate surface area is 126 Å². The lowest BCUT2D eigenvalue weighted by Crippen LogP contribution is -2.19. The Morgan fingerprint density at radius 2 is 2.05 bits per heavy atom. The van der Waals surface area contributed by atoms with E-state index in [0.717, 1.165) is 10.1 Å². The minimum Gasteiger partial charge on any atom is -0.312 e. The van der Waals surface area contributed by atoms with Crippen LogP contribution in [0.3, 0.4) is 0 Å². The lowest BCUT2D eigenvalue weighted by molar-refractivity contribution is 0.666. The Hall–Kier alpha value is -1.43. The van der Waals surface area contributed by atoms with E-state index in [1.165, 1.54) is 27.9 Å². The highest BCUT2D eigenvalue weighted by atomic mass is 32.2. The van der Waals surface area contributed by atoms with Crippen LogP contribution in [0.4, 0.5) is 0 Å². The Bertz CT molecular complexity index is 677. The number of fused-ring (bicyclic) bond motifs is 1. The molecule has 2 aromatic carbocycles. The van der Waals surface area contributed by atoms with Crippen molar-refractivity contribution in [2.75, 3.05) is 12.8 Å². The normalized spacial score (nSPS) is 12.7. The number of nitrogens with one attached hydrogen (secondary N) is 1. The Kier molecular flexibility index (Phi) is 4.30. The van der Waals surface area contributed by atoms with Crippen LogP contribution in [0.25, 0.3) is 10.8 Å². The Balaban J connectivity index is 1.87. The molecule has 1 heterocycles. The third-order valence-corrected chi connectivity index (χ3v) is 5.15. The standard InChI is InChI=1S/C15H15N3S2/c1-16-14(9-19-15-17-10-18-20-15)13-8-4-6-11-5-2-3-7-12(11)13/h2-8,10,14,16H,9H2,1H3. The molecule has 0 aliphatic rings. The zero-order valence-corrected chi connectivity index (χ0v) is 12.7. The lowest BCUT2D eigenvalue weighted by Gasteiger charge is -2.17. The van der Waals surface area contributed by atoms with Crippen LogP contribution < -0.4 is 5.32 Å². The molecule has 1 atom stereocenters. The van der Waals surface area contributed by atoms with Gasteiger partial charge in [0.25, 0.3) is 0 Å². The fourth-order valence-corrected chi connectivity index (χ4v) is 3.86. The van der Waals surface area contributed by atoms with E-state index in [4.69, 9.17) is 0 Å². The molecule has 0 radical (unpaired) electrons. The van der Waals surface area contributed by atoms with Gasteiger partial charge < -0.3 is 5.32 Å². The van der Waals surface area contributed by atoms with Gasteiger partial charge in [0.1, 0.15) is 6.33 Å². The summed E-state index contributed by atoms with van der Waals surface area (Å²) < 4.78 is 5.06. The number of aromatic nitrogens is 2. The summed E-state index contributed by atoms with van der Waals surface area (Å²) >= 11 is 3.19. The smallest absolute Gasteiger partial charge is 0.169 e. The van der Waals surface area contributed by atoms with Crippen LogP contribution in [-0.2, 0) is 0 Å². The molecule has 3 aromatic rings. The van der Waals surface area contributed by atoms with Gasteiger partial charge in [0.05, 0.1) is 0 Å². The van der Waals surface area contributed by atoms with Crippen molar-refractivity contribution in [2.45, 2.75) is 10.4 Å². The van der Waals surface area contributed by atoms with Crippen LogP contribution in [0.5, 0.6) is 0 Å². The van der Waals surface area contributed by atoms with E-state index in [0.29, 0.717) is 6.04 Å². The van der Waals surface area contributed by atoms with Gasteiger partial charge in [-0.15, -0.1) is 0 Å². The van der Waals surface area contributed by atoms with Crippen LogP contribution in [0.1, 0.15) is 11.6 Å². The van der Waals surface area contributed by atoms with E-state index in [9.17, 15) is 0 Å². The summed E-state index contributed by atoms with van der Waals surface area (Å²) in [6.07, 6.45) is 1.61. The summed E-state index contributed by atoms with van der Waals surface area (Å²) in [4.78, 5) is 4.22. The van der Waals surface area contributed by atoms with Crippen molar-refractivity contribution in [1.82, 2.24) is 14.7 Å². The van der Waals surface area contributed by atoms with Crippen molar-refractivity contribution in [1.29, 1.82) is 0 Å². The molecule has 0 spiro atoms. The molecule has 0 bridgehead atoms. The van der Waals surface area contributed by atoms with E-state index < -0.39 is 0 Å². The molecule has 20 heavy (non-hydrogen) atoms. The Morgan fingerprint density at radius 1 is 1.20 bits per heavy atom. The predicted molar refractivity (Wildman–Crippen MR) is 86.4 cm³/mol. The van der Waals surface area contributed by atoms with Gasteiger partial charge in [-0.3, -0.25) is 0 Å². The molecule has 0 saturated carbocycles. The molecular formula is C15H15N3S2. The number of thioether (sulfide) groups is 1. The largest absolute Gasteiger partial charge is 0.312 e. The van der Waals surface area contributed by atoms with Gasteiger partial charge in [-0.25, -0.2) is 4.98 Å². The first kappa shape index (κ1) is 13.5. The zero-order chi connectivity index (χ0) is 13.8. The number of benzene rings is 2. The third-order valence-electron chi connectivity index (χ3n) is 3.26. The average Bonchev–Trinajstić information content (AvgIpc) is 3.01. The fraction of sp³-hybridized carbons (Fsp3) is 0.200. The molecule has 0 aliphatic carbocycles. The summed E-state index contributed by atoms with van der Waals surface area (Å²) in [7, 11) is 2.01. The Morgan fingerprint density at radius 3 is 2.85 bits per heavy atom. The van der Waals surface area contributed by atoms with Gasteiger partial charge in [0.2, 0.25) is 0 Å². The SMILES string of the molecule is CNC(CSc1ncns1)c1cccc2ccccc12. The van der Waals surface area contributed by atoms with Crippen LogP contribution in [0.2, 0.25) is 0 Å². The summed E-state index contributed by atoms with van der Waals surface area (Å²) in [6, 6.07) is 15.3. The maximum absolute atomic E-state index is 4.22. The number of hydrogen-bond donors (Lipinski definition) is 1. The van der Waals surface area contributed by atoms with Crippen molar-refractivity contribution < 1.29 is 0 Å². The molecule has 0 saturated heterocycles. The van der Waals surface area contributed by atoms with Crippen molar-refractivity contribution in [2.24, 2.45) is 0 Å². The van der Waals surface area contributed by atoms with Crippen LogP contribution >= 0.6 is 23.3 Å². The molecule has 3 nitrogen and oxygen atoms in total. The maximum Gasteiger partial charge on any atom is 0.169 e. The van der Waals surface area contributed by atoms with Gasteiger partial charge in [0, 0.05) is 11.8 Å². The van der Waals surface area contributed by atoms with Gasteiger partial charge in [0.15, 0.2) is 4.34 Å². The number of nitrogens with zero attached hydrogens (tertiary/aromatic N) is 2. The monoisotopic (exact) mass is 301 g/mol. The predicted octanol–water partition coefficient (Wildman–Crippen LogP) is 3.74. The molecule has 0 fully saturated rings. The summed E-state index contributed by atoms with van der Waals surface area (Å²) in [6.45, 7) is 0. The summed E-state index contributed by atoms with van der Waals surface area (Å²) in [5.74, 6) is 0.944. The molecule has 1 N–H and O–H groups in total. The highest BCUT2D eigenvalue weighted by Gasteiger charge is 2.13. The highest BCUT2D eigenvalue weighted by Crippen LogP contribution is 2.29. The maximum atomic E-state index is 4.22. The second kappa shape index (κ2) is 6.35. The van der Waals surface area contributed by atoms with Crippen molar-refractivity contribution in [3.05, 3.63) is 54.4 Å². The average molecular weight is 301 g/mol. The first-order chi connectivity index (χ1) is 9.88. The quantitative estimate of drug-likeness (QED) is 0.728. The molecule has 5 heteroatoms. The molecule has 3 rings (SSSR count). The van der Waals surface area contributed by atoms with Crippen LogP contribution in [-0.4, -0.2) is 22.2 Å². The van der Waals surface area contributed by atoms with Crippen LogP contribution in [0.15, 0.2) is 53.1 Å².